The van der Waals surface area contributed by atoms with Gasteiger partial charge in [-0.05, 0) is 37.5 Å². The SMILES string of the molecule is CCN(CC)S(=O)(=O)c1cc(C(=O)Nc2c3c(nn2-c2ccccc2)CCC3)n(C)c1. The molecule has 1 aromatic carbocycles. The largest absolute Gasteiger partial charge is 0.345 e. The van der Waals surface area contributed by atoms with E-state index >= 15 is 0 Å². The Bertz CT molecular complexity index is 1210. The number of carbonyl (C=O) groups is 1. The monoisotopic (exact) mass is 441 g/mol. The van der Waals surface area contributed by atoms with Gasteiger partial charge in [0.1, 0.15) is 16.4 Å². The first kappa shape index (κ1) is 21.3. The highest BCUT2D eigenvalue weighted by Gasteiger charge is 2.28. The molecule has 2 aromatic heterocycles. The van der Waals surface area contributed by atoms with E-state index in [2.05, 4.69) is 5.32 Å². The molecule has 8 nitrogen and oxygen atoms in total. The molecule has 0 saturated heterocycles. The number of aromatic nitrogens is 3. The topological polar surface area (TPSA) is 89.2 Å². The maximum Gasteiger partial charge on any atom is 0.273 e. The van der Waals surface area contributed by atoms with Crippen LogP contribution in [0.4, 0.5) is 5.82 Å². The van der Waals surface area contributed by atoms with E-state index in [1.165, 1.54) is 16.6 Å². The van der Waals surface area contributed by atoms with Gasteiger partial charge in [-0.25, -0.2) is 13.1 Å². The number of amides is 1. The molecule has 0 bridgehead atoms. The molecule has 0 atom stereocenters. The number of anilines is 1. The van der Waals surface area contributed by atoms with Crippen LogP contribution in [0.15, 0.2) is 47.5 Å². The molecule has 9 heteroatoms. The second-order valence-corrected chi connectivity index (χ2v) is 9.53. The molecule has 0 saturated carbocycles. The van der Waals surface area contributed by atoms with Crippen LogP contribution in [0, 0.1) is 0 Å². The molecular weight excluding hydrogens is 414 g/mol. The standard InChI is InChI=1S/C22H27N5O3S/c1-4-26(5-2)31(29,30)17-14-20(25(3)15-17)22(28)23-21-18-12-9-13-19(18)24-27(21)16-10-7-6-8-11-16/h6-8,10-11,14-15H,4-5,9,12-13H2,1-3H3,(H,23,28). The zero-order chi connectivity index (χ0) is 22.2. The molecule has 1 aliphatic rings. The van der Waals surface area contributed by atoms with Crippen LogP contribution in [0.5, 0.6) is 0 Å². The van der Waals surface area contributed by atoms with Crippen LogP contribution in [-0.2, 0) is 29.9 Å². The summed E-state index contributed by atoms with van der Waals surface area (Å²) in [6.07, 6.45) is 4.23. The summed E-state index contributed by atoms with van der Waals surface area (Å²) in [4.78, 5) is 13.3. The fourth-order valence-electron chi connectivity index (χ4n) is 4.06. The van der Waals surface area contributed by atoms with E-state index in [0.717, 1.165) is 36.2 Å². The Kier molecular flexibility index (Phi) is 5.72. The van der Waals surface area contributed by atoms with Crippen LogP contribution >= 0.6 is 0 Å². The Morgan fingerprint density at radius 1 is 1.16 bits per heavy atom. The highest BCUT2D eigenvalue weighted by atomic mass is 32.2. The minimum Gasteiger partial charge on any atom is -0.345 e. The number of benzene rings is 1. The summed E-state index contributed by atoms with van der Waals surface area (Å²) in [6, 6.07) is 11.1. The summed E-state index contributed by atoms with van der Waals surface area (Å²) in [7, 11) is -1.97. The lowest BCUT2D eigenvalue weighted by atomic mass is 10.2. The lowest BCUT2D eigenvalue weighted by molar-refractivity contribution is 0.101. The minimum absolute atomic E-state index is 0.116. The van der Waals surface area contributed by atoms with Crippen molar-refractivity contribution >= 4 is 21.7 Å². The van der Waals surface area contributed by atoms with Gasteiger partial charge in [0.25, 0.3) is 5.91 Å². The maximum atomic E-state index is 13.2. The summed E-state index contributed by atoms with van der Waals surface area (Å²) < 4.78 is 30.4. The first-order valence-corrected chi connectivity index (χ1v) is 11.9. The van der Waals surface area contributed by atoms with E-state index in [1.54, 1.807) is 30.1 Å². The van der Waals surface area contributed by atoms with Crippen molar-refractivity contribution in [2.24, 2.45) is 7.05 Å². The van der Waals surface area contributed by atoms with Gasteiger partial charge in [-0.1, -0.05) is 32.0 Å². The Labute approximate surface area is 182 Å². The van der Waals surface area contributed by atoms with E-state index in [-0.39, 0.29) is 16.5 Å². The van der Waals surface area contributed by atoms with Crippen molar-refractivity contribution in [3.8, 4) is 5.69 Å². The van der Waals surface area contributed by atoms with Gasteiger partial charge < -0.3 is 9.88 Å². The summed E-state index contributed by atoms with van der Waals surface area (Å²) in [5.41, 5.74) is 3.18. The van der Waals surface area contributed by atoms with Gasteiger partial charge in [0, 0.05) is 31.9 Å². The van der Waals surface area contributed by atoms with Crippen molar-refractivity contribution in [2.45, 2.75) is 38.0 Å². The van der Waals surface area contributed by atoms with Gasteiger partial charge in [0.15, 0.2) is 0 Å². The third-order valence-electron chi connectivity index (χ3n) is 5.70. The van der Waals surface area contributed by atoms with E-state index in [0.29, 0.717) is 18.9 Å². The zero-order valence-corrected chi connectivity index (χ0v) is 18.8. The molecule has 3 aromatic rings. The molecule has 31 heavy (non-hydrogen) atoms. The third kappa shape index (κ3) is 3.79. The number of aryl methyl sites for hydroxylation is 2. The van der Waals surface area contributed by atoms with Crippen molar-refractivity contribution in [1.29, 1.82) is 0 Å². The van der Waals surface area contributed by atoms with E-state index in [9.17, 15) is 13.2 Å². The number of carbonyl (C=O) groups excluding carboxylic acids is 1. The van der Waals surface area contributed by atoms with Gasteiger partial charge in [-0.3, -0.25) is 4.79 Å². The fourth-order valence-corrected chi connectivity index (χ4v) is 5.59. The van der Waals surface area contributed by atoms with Crippen LogP contribution in [0.2, 0.25) is 0 Å². The number of sulfonamides is 1. The van der Waals surface area contributed by atoms with Gasteiger partial charge in [0.2, 0.25) is 10.0 Å². The van der Waals surface area contributed by atoms with Gasteiger partial charge in [0.05, 0.1) is 11.4 Å². The predicted molar refractivity (Wildman–Crippen MR) is 119 cm³/mol. The number of hydrogen-bond donors (Lipinski definition) is 1. The van der Waals surface area contributed by atoms with Crippen molar-refractivity contribution in [2.75, 3.05) is 18.4 Å². The second-order valence-electron chi connectivity index (χ2n) is 7.59. The average Bonchev–Trinajstić information content (AvgIpc) is 3.45. The summed E-state index contributed by atoms with van der Waals surface area (Å²) in [5, 5.41) is 7.71. The summed E-state index contributed by atoms with van der Waals surface area (Å²) >= 11 is 0. The normalized spacial score (nSPS) is 13.5. The molecule has 1 N–H and O–H groups in total. The molecule has 2 heterocycles. The van der Waals surface area contributed by atoms with E-state index < -0.39 is 10.0 Å². The molecule has 164 valence electrons. The molecule has 0 aliphatic heterocycles. The van der Waals surface area contributed by atoms with Crippen LogP contribution < -0.4 is 5.32 Å². The molecule has 1 amide bonds. The molecular formula is C22H27N5O3S. The van der Waals surface area contributed by atoms with Crippen molar-refractivity contribution in [1.82, 2.24) is 18.7 Å². The molecule has 0 radical (unpaired) electrons. The number of hydrogen-bond acceptors (Lipinski definition) is 4. The van der Waals surface area contributed by atoms with Gasteiger partial charge in [-0.15, -0.1) is 0 Å². The fraction of sp³-hybridized carbons (Fsp3) is 0.364. The first-order chi connectivity index (χ1) is 14.9. The Hall–Kier alpha value is -2.91. The average molecular weight is 442 g/mol. The second kappa shape index (κ2) is 8.32. The number of rotatable bonds is 7. The number of fused-ring (bicyclic) bond motifs is 1. The number of nitrogens with one attached hydrogen (secondary N) is 1. The smallest absolute Gasteiger partial charge is 0.273 e. The third-order valence-corrected chi connectivity index (χ3v) is 7.71. The van der Waals surface area contributed by atoms with Gasteiger partial charge in [-0.2, -0.15) is 9.40 Å². The quantitative estimate of drug-likeness (QED) is 0.610. The Balaban J connectivity index is 1.68. The van der Waals surface area contributed by atoms with Crippen LogP contribution in [-0.4, -0.2) is 46.1 Å². The lowest BCUT2D eigenvalue weighted by Gasteiger charge is -2.17. The summed E-state index contributed by atoms with van der Waals surface area (Å²) in [5.74, 6) is 0.285. The summed E-state index contributed by atoms with van der Waals surface area (Å²) in [6.45, 7) is 4.33. The first-order valence-electron chi connectivity index (χ1n) is 10.5. The van der Waals surface area contributed by atoms with Gasteiger partial charge >= 0.3 is 0 Å². The molecule has 0 fully saturated rings. The maximum absolute atomic E-state index is 13.2. The lowest BCUT2D eigenvalue weighted by Crippen LogP contribution is -2.30. The molecule has 4 rings (SSSR count). The Morgan fingerprint density at radius 2 is 1.87 bits per heavy atom. The molecule has 0 unspecified atom stereocenters. The molecule has 0 spiro atoms. The van der Waals surface area contributed by atoms with Crippen molar-refractivity contribution in [3.05, 3.63) is 59.5 Å². The van der Waals surface area contributed by atoms with Crippen LogP contribution in [0.1, 0.15) is 42.0 Å². The molecule has 1 aliphatic carbocycles. The van der Waals surface area contributed by atoms with Crippen molar-refractivity contribution in [3.63, 3.8) is 0 Å². The highest BCUT2D eigenvalue weighted by Crippen LogP contribution is 2.31. The van der Waals surface area contributed by atoms with Crippen LogP contribution in [0.25, 0.3) is 5.69 Å². The highest BCUT2D eigenvalue weighted by molar-refractivity contribution is 7.89. The number of nitrogens with zero attached hydrogens (tertiary/aromatic N) is 4. The predicted octanol–water partition coefficient (Wildman–Crippen LogP) is 2.98. The van der Waals surface area contributed by atoms with Crippen molar-refractivity contribution < 1.29 is 13.2 Å². The van der Waals surface area contributed by atoms with E-state index in [4.69, 9.17) is 5.10 Å². The van der Waals surface area contributed by atoms with Crippen LogP contribution in [0.3, 0.4) is 0 Å². The number of para-hydroxylation sites is 1. The zero-order valence-electron chi connectivity index (χ0n) is 18.0. The minimum atomic E-state index is -3.64. The Morgan fingerprint density at radius 3 is 2.55 bits per heavy atom. The van der Waals surface area contributed by atoms with E-state index in [1.807, 2.05) is 30.3 Å².